The highest BCUT2D eigenvalue weighted by molar-refractivity contribution is 6.31. The van der Waals surface area contributed by atoms with Crippen molar-refractivity contribution in [3.05, 3.63) is 46.8 Å². The molecule has 2 aliphatic rings. The molecule has 0 amide bonds. The fourth-order valence-corrected chi connectivity index (χ4v) is 4.12. The van der Waals surface area contributed by atoms with Crippen molar-refractivity contribution >= 4 is 17.6 Å². The van der Waals surface area contributed by atoms with Crippen LogP contribution >= 0.6 is 11.6 Å². The van der Waals surface area contributed by atoms with Gasteiger partial charge in [0.1, 0.15) is 5.82 Å². The van der Waals surface area contributed by atoms with Crippen LogP contribution < -0.4 is 10.6 Å². The Bertz CT molecular complexity index is 677. The second-order valence-electron chi connectivity index (χ2n) is 7.70. The van der Waals surface area contributed by atoms with Crippen molar-refractivity contribution in [3.8, 4) is 0 Å². The lowest BCUT2D eigenvalue weighted by Gasteiger charge is -2.33. The highest BCUT2D eigenvalue weighted by Crippen LogP contribution is 2.44. The minimum atomic E-state index is -0.219. The molecule has 0 spiro atoms. The maximum atomic E-state index is 14.1. The molecule has 0 aromatic heterocycles. The summed E-state index contributed by atoms with van der Waals surface area (Å²) >= 11 is 6.21. The molecule has 1 aromatic rings. The van der Waals surface area contributed by atoms with E-state index in [1.54, 1.807) is 12.1 Å². The first kappa shape index (κ1) is 20.2. The van der Waals surface area contributed by atoms with Crippen molar-refractivity contribution in [3.63, 3.8) is 0 Å². The molecule has 0 radical (unpaired) electrons. The fourth-order valence-electron chi connectivity index (χ4n) is 3.82. The van der Waals surface area contributed by atoms with Gasteiger partial charge in [-0.2, -0.15) is 0 Å². The molecule has 1 aromatic carbocycles. The average Bonchev–Trinajstić information content (AvgIpc) is 3.35. The van der Waals surface area contributed by atoms with E-state index in [0.29, 0.717) is 23.2 Å². The van der Waals surface area contributed by atoms with Crippen LogP contribution in [0.4, 0.5) is 4.39 Å². The van der Waals surface area contributed by atoms with E-state index in [1.165, 1.54) is 11.6 Å². The maximum absolute atomic E-state index is 14.1. The third-order valence-corrected chi connectivity index (χ3v) is 5.55. The SMILES string of the molecule is C=C(C)CN1CCC(NC(=NCC)NC2CC2c2c(F)cccc2Cl)CC1. The van der Waals surface area contributed by atoms with Crippen LogP contribution in [-0.4, -0.2) is 49.1 Å². The van der Waals surface area contributed by atoms with E-state index in [9.17, 15) is 4.39 Å². The van der Waals surface area contributed by atoms with Gasteiger partial charge in [-0.1, -0.05) is 29.8 Å². The minimum Gasteiger partial charge on any atom is -0.354 e. The largest absolute Gasteiger partial charge is 0.354 e. The molecule has 1 saturated heterocycles. The number of hydrogen-bond acceptors (Lipinski definition) is 2. The van der Waals surface area contributed by atoms with Gasteiger partial charge < -0.3 is 10.6 Å². The molecular formula is C21H30ClFN4. The number of aliphatic imine (C=N–C) groups is 1. The Morgan fingerprint density at radius 3 is 2.70 bits per heavy atom. The molecule has 2 fully saturated rings. The zero-order valence-corrected chi connectivity index (χ0v) is 17.0. The summed E-state index contributed by atoms with van der Waals surface area (Å²) in [5.41, 5.74) is 1.84. The Hall–Kier alpha value is -1.59. The number of likely N-dealkylation sites (tertiary alicyclic amines) is 1. The van der Waals surface area contributed by atoms with Crippen LogP contribution in [0.2, 0.25) is 5.02 Å². The smallest absolute Gasteiger partial charge is 0.191 e. The van der Waals surface area contributed by atoms with Crippen molar-refractivity contribution in [2.24, 2.45) is 4.99 Å². The molecule has 2 N–H and O–H groups in total. The lowest BCUT2D eigenvalue weighted by atomic mass is 10.0. The van der Waals surface area contributed by atoms with Crippen molar-refractivity contribution in [1.29, 1.82) is 0 Å². The molecule has 1 heterocycles. The molecule has 2 atom stereocenters. The average molecular weight is 393 g/mol. The fraction of sp³-hybridized carbons (Fsp3) is 0.571. The summed E-state index contributed by atoms with van der Waals surface area (Å²) < 4.78 is 14.1. The van der Waals surface area contributed by atoms with Crippen molar-refractivity contribution in [1.82, 2.24) is 15.5 Å². The summed E-state index contributed by atoms with van der Waals surface area (Å²) in [6.07, 6.45) is 3.05. The van der Waals surface area contributed by atoms with Gasteiger partial charge >= 0.3 is 0 Å². The summed E-state index contributed by atoms with van der Waals surface area (Å²) in [6.45, 7) is 11.9. The third kappa shape index (κ3) is 5.45. The summed E-state index contributed by atoms with van der Waals surface area (Å²) in [5.74, 6) is 0.722. The van der Waals surface area contributed by atoms with E-state index in [1.807, 2.05) is 6.92 Å². The zero-order chi connectivity index (χ0) is 19.4. The standard InChI is InChI=1S/C21H30ClFN4/c1-4-24-21(25-15-8-10-27(11-9-15)13-14(2)3)26-19-12-16(19)20-17(22)6-5-7-18(20)23/h5-7,15-16,19H,2,4,8-13H2,1,3H3,(H2,24,25,26). The van der Waals surface area contributed by atoms with Gasteiger partial charge in [0, 0.05) is 54.8 Å². The van der Waals surface area contributed by atoms with Gasteiger partial charge in [0.2, 0.25) is 0 Å². The molecule has 1 aliphatic carbocycles. The highest BCUT2D eigenvalue weighted by Gasteiger charge is 2.42. The molecule has 27 heavy (non-hydrogen) atoms. The molecule has 2 unspecified atom stereocenters. The quantitative estimate of drug-likeness (QED) is 0.437. The molecule has 148 valence electrons. The van der Waals surface area contributed by atoms with E-state index in [-0.39, 0.29) is 17.8 Å². The number of guanidine groups is 1. The van der Waals surface area contributed by atoms with E-state index in [0.717, 1.165) is 44.9 Å². The third-order valence-electron chi connectivity index (χ3n) is 5.22. The molecule has 6 heteroatoms. The number of nitrogens with zero attached hydrogens (tertiary/aromatic N) is 2. The Morgan fingerprint density at radius 1 is 1.33 bits per heavy atom. The van der Waals surface area contributed by atoms with Gasteiger partial charge in [-0.15, -0.1) is 0 Å². The number of hydrogen-bond donors (Lipinski definition) is 2. The van der Waals surface area contributed by atoms with E-state index < -0.39 is 0 Å². The van der Waals surface area contributed by atoms with Crippen LogP contribution in [-0.2, 0) is 0 Å². The van der Waals surface area contributed by atoms with Crippen molar-refractivity contribution in [2.75, 3.05) is 26.2 Å². The molecular weight excluding hydrogens is 363 g/mol. The Morgan fingerprint density at radius 2 is 2.07 bits per heavy atom. The predicted molar refractivity (Wildman–Crippen MR) is 111 cm³/mol. The highest BCUT2D eigenvalue weighted by atomic mass is 35.5. The number of nitrogens with one attached hydrogen (secondary N) is 2. The van der Waals surface area contributed by atoms with Gasteiger partial charge in [-0.05, 0) is 45.2 Å². The van der Waals surface area contributed by atoms with Crippen LogP contribution in [0.5, 0.6) is 0 Å². The van der Waals surface area contributed by atoms with Crippen LogP contribution in [0.15, 0.2) is 35.3 Å². The van der Waals surface area contributed by atoms with Gasteiger partial charge in [0.25, 0.3) is 0 Å². The zero-order valence-electron chi connectivity index (χ0n) is 16.3. The molecule has 1 saturated carbocycles. The second-order valence-corrected chi connectivity index (χ2v) is 8.11. The summed E-state index contributed by atoms with van der Waals surface area (Å²) in [6, 6.07) is 5.49. The summed E-state index contributed by atoms with van der Waals surface area (Å²) in [4.78, 5) is 7.02. The second kappa shape index (κ2) is 9.07. The summed E-state index contributed by atoms with van der Waals surface area (Å²) in [5, 5.41) is 7.55. The van der Waals surface area contributed by atoms with Crippen LogP contribution in [0.1, 0.15) is 44.6 Å². The van der Waals surface area contributed by atoms with Crippen molar-refractivity contribution in [2.45, 2.75) is 51.1 Å². The normalized spacial score (nSPS) is 23.9. The van der Waals surface area contributed by atoms with Crippen LogP contribution in [0.25, 0.3) is 0 Å². The topological polar surface area (TPSA) is 39.7 Å². The molecule has 3 rings (SSSR count). The lowest BCUT2D eigenvalue weighted by Crippen LogP contribution is -2.49. The monoisotopic (exact) mass is 392 g/mol. The number of rotatable bonds is 6. The lowest BCUT2D eigenvalue weighted by molar-refractivity contribution is 0.221. The Labute approximate surface area is 166 Å². The minimum absolute atomic E-state index is 0.111. The van der Waals surface area contributed by atoms with E-state index >= 15 is 0 Å². The van der Waals surface area contributed by atoms with Gasteiger partial charge in [-0.3, -0.25) is 9.89 Å². The molecule has 4 nitrogen and oxygen atoms in total. The first-order valence-corrected chi connectivity index (χ1v) is 10.2. The molecule has 1 aliphatic heterocycles. The maximum Gasteiger partial charge on any atom is 0.191 e. The Balaban J connectivity index is 1.53. The van der Waals surface area contributed by atoms with Crippen LogP contribution in [0.3, 0.4) is 0 Å². The van der Waals surface area contributed by atoms with E-state index in [4.69, 9.17) is 11.6 Å². The predicted octanol–water partition coefficient (Wildman–Crippen LogP) is 3.93. The number of benzene rings is 1. The first-order valence-electron chi connectivity index (χ1n) is 9.86. The van der Waals surface area contributed by atoms with Gasteiger partial charge in [0.05, 0.1) is 0 Å². The Kier molecular flexibility index (Phi) is 6.77. The molecule has 0 bridgehead atoms. The number of piperidine rings is 1. The summed E-state index contributed by atoms with van der Waals surface area (Å²) in [7, 11) is 0. The number of halogens is 2. The van der Waals surface area contributed by atoms with Gasteiger partial charge in [0.15, 0.2) is 5.96 Å². The first-order chi connectivity index (χ1) is 13.0. The van der Waals surface area contributed by atoms with Crippen LogP contribution in [0, 0.1) is 5.82 Å². The van der Waals surface area contributed by atoms with Gasteiger partial charge in [-0.25, -0.2) is 4.39 Å². The van der Waals surface area contributed by atoms with E-state index in [2.05, 4.69) is 34.0 Å². The van der Waals surface area contributed by atoms with Crippen molar-refractivity contribution < 1.29 is 4.39 Å².